The van der Waals surface area contributed by atoms with Gasteiger partial charge in [0.1, 0.15) is 0 Å². The lowest BCUT2D eigenvalue weighted by atomic mass is 10.00. The number of hydrogen-bond donors (Lipinski definition) is 0. The first-order valence-corrected chi connectivity index (χ1v) is 15.5. The minimum absolute atomic E-state index is 0.157. The van der Waals surface area contributed by atoms with Crippen molar-refractivity contribution >= 4 is 43.4 Å². The van der Waals surface area contributed by atoms with Crippen LogP contribution < -0.4 is 0 Å². The zero-order valence-electron chi connectivity index (χ0n) is 47.0. The molecule has 0 fully saturated rings. The molecule has 0 aliphatic rings. The Morgan fingerprint density at radius 3 is 1.76 bits per heavy atom. The van der Waals surface area contributed by atoms with E-state index in [2.05, 4.69) is 15.0 Å². The van der Waals surface area contributed by atoms with Crippen molar-refractivity contribution < 1.29 is 28.8 Å². The number of nitrogens with zero attached hydrogens (tertiary/aromatic N) is 4. The predicted molar refractivity (Wildman–Crippen MR) is 211 cm³/mol. The van der Waals surface area contributed by atoms with Crippen molar-refractivity contribution in [1.82, 2.24) is 19.5 Å². The predicted octanol–water partition coefficient (Wildman–Crippen LogP) is 11.9. The molecule has 0 amide bonds. The molecule has 0 unspecified atom stereocenters. The van der Waals surface area contributed by atoms with Crippen molar-refractivity contribution in [1.29, 1.82) is 0 Å². The maximum atomic E-state index is 9.52. The molecule has 0 saturated heterocycles. The van der Waals surface area contributed by atoms with Gasteiger partial charge in [-0.1, -0.05) is 133 Å². The number of hydrogen-bond acceptors (Lipinski definition) is 3. The quantitative estimate of drug-likeness (QED) is 0.171. The highest BCUT2D eigenvalue weighted by atomic mass is 15.0. The Labute approximate surface area is 324 Å². The molecule has 0 saturated carbocycles. The molecule has 0 N–H and O–H groups in total. The fourth-order valence-electron chi connectivity index (χ4n) is 6.01. The average molecular weight is 672 g/mol. The normalized spacial score (nSPS) is 17.3. The monoisotopic (exact) mass is 671 g/mol. The fraction of sp³-hybridized carbons (Fsp3) is 0. The highest BCUT2D eigenvalue weighted by Gasteiger charge is 2.16. The van der Waals surface area contributed by atoms with E-state index in [1.54, 1.807) is 12.1 Å². The van der Waals surface area contributed by atoms with Gasteiger partial charge in [0.2, 0.25) is 0 Å². The first kappa shape index (κ1) is 14.9. The number of fused-ring (bicyclic) bond motifs is 6. The van der Waals surface area contributed by atoms with Gasteiger partial charge in [0.05, 0.1) is 39.8 Å². The van der Waals surface area contributed by atoms with Gasteiger partial charge in [-0.15, -0.1) is 0 Å². The van der Waals surface area contributed by atoms with Crippen molar-refractivity contribution in [2.75, 3.05) is 0 Å². The maximum Gasteiger partial charge on any atom is 0.164 e. The van der Waals surface area contributed by atoms with Crippen LogP contribution in [0.25, 0.3) is 94.3 Å². The Hall–Kier alpha value is -6.91. The van der Waals surface area contributed by atoms with Gasteiger partial charge < -0.3 is 4.57 Å². The van der Waals surface area contributed by atoms with Gasteiger partial charge >= 0.3 is 0 Å². The summed E-state index contributed by atoms with van der Waals surface area (Å²) in [6.45, 7) is 0. The van der Waals surface area contributed by atoms with Crippen LogP contribution in [-0.4, -0.2) is 19.5 Å². The van der Waals surface area contributed by atoms with Gasteiger partial charge in [-0.3, -0.25) is 0 Å². The van der Waals surface area contributed by atoms with Crippen LogP contribution in [0.4, 0.5) is 0 Å². The van der Waals surface area contributed by atoms with Crippen LogP contribution in [0.5, 0.6) is 0 Å². The summed E-state index contributed by atoms with van der Waals surface area (Å²) < 4.78 is 187. The van der Waals surface area contributed by atoms with Gasteiger partial charge in [-0.2, -0.15) is 0 Å². The fourth-order valence-corrected chi connectivity index (χ4v) is 6.01. The second kappa shape index (κ2) is 11.9. The van der Waals surface area contributed by atoms with Crippen LogP contribution in [-0.2, 0) is 0 Å². The second-order valence-electron chi connectivity index (χ2n) is 11.3. The summed E-state index contributed by atoms with van der Waals surface area (Å²) in [5.74, 6) is -1.18. The standard InChI is InChI=1S/C47H30N4/c1-3-11-31(12-4-1)35-24-28-44-42(30-35)41-17-9-10-18-43(41)51(44)38-25-21-34(22-26-38)46-48-45(33-14-5-2-6-15-33)49-47(50-46)37-23-27-40-36(29-37)20-19-32-13-7-8-16-39(32)40/h1-30H/i1D,2D,3D,4D,5D,6D,9D,10D,11D,12D,14D,15D,17D,18D,21D,22D,24D,25D,26D,28D,30D. The molecule has 0 aliphatic heterocycles. The molecule has 0 bridgehead atoms. The lowest BCUT2D eigenvalue weighted by Crippen LogP contribution is -2.00. The van der Waals surface area contributed by atoms with Crippen molar-refractivity contribution in [2.45, 2.75) is 0 Å². The third kappa shape index (κ3) is 5.04. The summed E-state index contributed by atoms with van der Waals surface area (Å²) in [5, 5.41) is 2.53. The summed E-state index contributed by atoms with van der Waals surface area (Å²) in [6, 6.07) is -0.270. The highest BCUT2D eigenvalue weighted by molar-refractivity contribution is 6.11. The van der Waals surface area contributed by atoms with E-state index in [0.29, 0.717) is 5.56 Å². The Kier molecular flexibility index (Phi) is 3.48. The van der Waals surface area contributed by atoms with E-state index >= 15 is 0 Å². The number of aromatic nitrogens is 4. The third-order valence-electron chi connectivity index (χ3n) is 8.33. The van der Waals surface area contributed by atoms with Gasteiger partial charge in [-0.05, 0) is 81.0 Å². The number of rotatable bonds is 5. The van der Waals surface area contributed by atoms with Crippen LogP contribution >= 0.6 is 0 Å². The van der Waals surface area contributed by atoms with Gasteiger partial charge in [0.15, 0.2) is 17.5 Å². The van der Waals surface area contributed by atoms with Crippen molar-refractivity contribution in [3.63, 3.8) is 0 Å². The van der Waals surface area contributed by atoms with Gasteiger partial charge in [-0.25, -0.2) is 15.0 Å². The molecule has 10 rings (SSSR count). The summed E-state index contributed by atoms with van der Waals surface area (Å²) >= 11 is 0. The largest absolute Gasteiger partial charge is 0.309 e. The van der Waals surface area contributed by atoms with Crippen molar-refractivity contribution in [2.24, 2.45) is 0 Å². The Morgan fingerprint density at radius 2 is 0.980 bits per heavy atom. The van der Waals surface area contributed by atoms with E-state index in [1.165, 1.54) is 0 Å². The van der Waals surface area contributed by atoms with Gasteiger partial charge in [0.25, 0.3) is 0 Å². The molecule has 2 heterocycles. The molecule has 51 heavy (non-hydrogen) atoms. The van der Waals surface area contributed by atoms with Crippen molar-refractivity contribution in [3.05, 3.63) is 181 Å². The minimum atomic E-state index is -0.909. The Bertz CT molecular complexity index is 4050. The molecule has 8 aromatic carbocycles. The van der Waals surface area contributed by atoms with Crippen LogP contribution in [0.3, 0.4) is 0 Å². The summed E-state index contributed by atoms with van der Waals surface area (Å²) in [6.07, 6.45) is 0. The molecule has 0 atom stereocenters. The van der Waals surface area contributed by atoms with Gasteiger partial charge in [0, 0.05) is 33.2 Å². The third-order valence-corrected chi connectivity index (χ3v) is 8.33. The van der Waals surface area contributed by atoms with Crippen LogP contribution in [0.2, 0.25) is 0 Å². The zero-order chi connectivity index (χ0) is 52.0. The number of para-hydroxylation sites is 1. The molecular formula is C47H30N4. The molecule has 0 aliphatic carbocycles. The Balaban J connectivity index is 1.29. The van der Waals surface area contributed by atoms with E-state index < -0.39 is 188 Å². The summed E-state index contributed by atoms with van der Waals surface area (Å²) in [4.78, 5) is 13.6. The first-order valence-electron chi connectivity index (χ1n) is 26.0. The van der Waals surface area contributed by atoms with Crippen LogP contribution in [0, 0.1) is 0 Å². The van der Waals surface area contributed by atoms with Crippen molar-refractivity contribution in [3.8, 4) is 51.0 Å². The molecule has 238 valence electrons. The topological polar surface area (TPSA) is 43.6 Å². The van der Waals surface area contributed by atoms with E-state index in [9.17, 15) is 8.22 Å². The van der Waals surface area contributed by atoms with E-state index in [0.717, 1.165) is 26.1 Å². The number of benzene rings is 8. The molecule has 4 nitrogen and oxygen atoms in total. The van der Waals surface area contributed by atoms with E-state index in [-0.39, 0.29) is 5.82 Å². The minimum Gasteiger partial charge on any atom is -0.309 e. The van der Waals surface area contributed by atoms with E-state index in [4.69, 9.17) is 20.6 Å². The molecule has 2 aromatic heterocycles. The lowest BCUT2D eigenvalue weighted by Gasteiger charge is -2.11. The Morgan fingerprint density at radius 1 is 0.392 bits per heavy atom. The van der Waals surface area contributed by atoms with Crippen LogP contribution in [0.15, 0.2) is 181 Å². The van der Waals surface area contributed by atoms with Crippen LogP contribution in [0.1, 0.15) is 28.8 Å². The van der Waals surface area contributed by atoms with E-state index in [1.807, 2.05) is 42.5 Å². The average Bonchev–Trinajstić information content (AvgIpc) is 3.73. The first-order chi connectivity index (χ1) is 34.0. The second-order valence-corrected chi connectivity index (χ2v) is 11.3. The molecule has 0 spiro atoms. The maximum absolute atomic E-state index is 9.52. The zero-order valence-corrected chi connectivity index (χ0v) is 26.0. The molecule has 10 aromatic rings. The molecular weight excluding hydrogens is 621 g/mol. The smallest absolute Gasteiger partial charge is 0.164 e. The molecule has 4 heteroatoms. The molecule has 0 radical (unpaired) electrons. The SMILES string of the molecule is [2H]c1c([2H])c([2H])c(-c2nc(-c3ccc4c(ccc5ccccc54)c3)nc(-c3c([2H])c([2H])c(-n4c5c([2H])c([2H])c([2H])c([2H])c5c5c([2H])c(-c6c([2H])c([2H])c([2H])c([2H])c6[2H])c([2H])c([2H])c54)c([2H])c3[2H])n2)c([2H])c1[2H]. The summed E-state index contributed by atoms with van der Waals surface area (Å²) in [7, 11) is 0. The lowest BCUT2D eigenvalue weighted by molar-refractivity contribution is 1.07. The highest BCUT2D eigenvalue weighted by Crippen LogP contribution is 2.36. The summed E-state index contributed by atoms with van der Waals surface area (Å²) in [5.41, 5.74) is -3.84.